The van der Waals surface area contributed by atoms with E-state index < -0.39 is 0 Å². The van der Waals surface area contributed by atoms with Crippen LogP contribution >= 0.6 is 0 Å². The van der Waals surface area contributed by atoms with E-state index in [1.54, 1.807) is 7.11 Å². The number of hydrogen-bond donors (Lipinski definition) is 2. The first-order chi connectivity index (χ1) is 13.6. The molecule has 0 atom stereocenters. The van der Waals surface area contributed by atoms with E-state index in [1.807, 2.05) is 48.0 Å². The molecule has 6 nitrogen and oxygen atoms in total. The van der Waals surface area contributed by atoms with Crippen molar-refractivity contribution in [2.45, 2.75) is 32.2 Å². The standard InChI is InChI=1S/C22H22N4O2/c1-12-14(9-10-18(24-12)28-2)15-7-4-8-16-20(23)19-17(25-21(15)16)11-26(22(19)27)13-5-3-6-13/h4,7-11,13,27H,3,5-6,23H2,1-2H3. The lowest BCUT2D eigenvalue weighted by Gasteiger charge is -2.27. The average molecular weight is 374 g/mol. The molecule has 3 aromatic heterocycles. The topological polar surface area (TPSA) is 86.2 Å². The van der Waals surface area contributed by atoms with E-state index in [1.165, 1.54) is 6.42 Å². The molecule has 0 spiro atoms. The van der Waals surface area contributed by atoms with E-state index in [2.05, 4.69) is 4.98 Å². The Morgan fingerprint density at radius 3 is 2.64 bits per heavy atom. The van der Waals surface area contributed by atoms with Gasteiger partial charge in [-0.05, 0) is 32.3 Å². The fraction of sp³-hybridized carbons (Fsp3) is 0.273. The van der Waals surface area contributed by atoms with Crippen LogP contribution in [0.15, 0.2) is 36.5 Å². The third kappa shape index (κ3) is 2.34. The van der Waals surface area contributed by atoms with Crippen molar-refractivity contribution in [2.75, 3.05) is 12.8 Å². The fourth-order valence-corrected chi connectivity index (χ4v) is 4.08. The van der Waals surface area contributed by atoms with Crippen LogP contribution in [0, 0.1) is 6.92 Å². The highest BCUT2D eigenvalue weighted by Gasteiger charge is 2.25. The molecule has 0 aliphatic heterocycles. The summed E-state index contributed by atoms with van der Waals surface area (Å²) in [6.45, 7) is 1.96. The number of nitrogens with zero attached hydrogens (tertiary/aromatic N) is 3. The Bertz CT molecular complexity index is 1220. The van der Waals surface area contributed by atoms with Gasteiger partial charge in [0.2, 0.25) is 11.8 Å². The molecule has 5 rings (SSSR count). The molecule has 0 saturated heterocycles. The van der Waals surface area contributed by atoms with Crippen molar-refractivity contribution in [3.8, 4) is 22.9 Å². The molecule has 1 aliphatic rings. The predicted molar refractivity (Wildman–Crippen MR) is 111 cm³/mol. The van der Waals surface area contributed by atoms with Crippen LogP contribution < -0.4 is 10.5 Å². The Kier molecular flexibility index (Phi) is 3.69. The number of methoxy groups -OCH3 is 1. The highest BCUT2D eigenvalue weighted by molar-refractivity contribution is 6.12. The van der Waals surface area contributed by atoms with Gasteiger partial charge < -0.3 is 20.1 Å². The van der Waals surface area contributed by atoms with Crippen LogP contribution in [0.25, 0.3) is 32.9 Å². The molecule has 3 heterocycles. The lowest BCUT2D eigenvalue weighted by atomic mass is 9.93. The number of nitrogen functional groups attached to an aromatic ring is 1. The van der Waals surface area contributed by atoms with Gasteiger partial charge in [-0.25, -0.2) is 9.97 Å². The number of aromatic hydroxyl groups is 1. The number of pyridine rings is 2. The maximum Gasteiger partial charge on any atom is 0.213 e. The van der Waals surface area contributed by atoms with Gasteiger partial charge in [-0.1, -0.05) is 18.2 Å². The summed E-state index contributed by atoms with van der Waals surface area (Å²) in [6.07, 6.45) is 5.28. The first-order valence-electron chi connectivity index (χ1n) is 9.52. The van der Waals surface area contributed by atoms with Crippen molar-refractivity contribution in [2.24, 2.45) is 0 Å². The quantitative estimate of drug-likeness (QED) is 0.548. The van der Waals surface area contributed by atoms with E-state index in [-0.39, 0.29) is 5.88 Å². The zero-order valence-corrected chi connectivity index (χ0v) is 15.9. The summed E-state index contributed by atoms with van der Waals surface area (Å²) in [6, 6.07) is 10.1. The Morgan fingerprint density at radius 2 is 1.96 bits per heavy atom. The highest BCUT2D eigenvalue weighted by atomic mass is 16.5. The summed E-state index contributed by atoms with van der Waals surface area (Å²) >= 11 is 0. The van der Waals surface area contributed by atoms with Gasteiger partial charge in [0.1, 0.15) is 0 Å². The van der Waals surface area contributed by atoms with E-state index in [0.717, 1.165) is 46.1 Å². The van der Waals surface area contributed by atoms with Gasteiger partial charge >= 0.3 is 0 Å². The minimum atomic E-state index is 0.222. The van der Waals surface area contributed by atoms with Gasteiger partial charge in [-0.3, -0.25) is 0 Å². The molecule has 0 unspecified atom stereocenters. The van der Waals surface area contributed by atoms with Crippen LogP contribution in [-0.2, 0) is 0 Å². The average Bonchev–Trinajstić information content (AvgIpc) is 2.96. The SMILES string of the molecule is COc1ccc(-c2cccc3c(N)c4c(O)n(C5CCC5)cc4nc23)c(C)n1. The minimum absolute atomic E-state index is 0.222. The summed E-state index contributed by atoms with van der Waals surface area (Å²) in [5, 5.41) is 12.2. The molecule has 1 fully saturated rings. The monoisotopic (exact) mass is 374 g/mol. The largest absolute Gasteiger partial charge is 0.494 e. The molecule has 0 bridgehead atoms. The molecule has 6 heteroatoms. The normalized spacial score (nSPS) is 14.5. The second kappa shape index (κ2) is 6.12. The molecule has 3 N–H and O–H groups in total. The van der Waals surface area contributed by atoms with Crippen molar-refractivity contribution >= 4 is 27.5 Å². The molecule has 0 amide bonds. The third-order valence-electron chi connectivity index (χ3n) is 5.84. The number of anilines is 1. The molecule has 1 saturated carbocycles. The van der Waals surface area contributed by atoms with Crippen LogP contribution in [-0.4, -0.2) is 26.8 Å². The van der Waals surface area contributed by atoms with Crippen molar-refractivity contribution in [3.63, 3.8) is 0 Å². The Balaban J connectivity index is 1.78. The number of hydrogen-bond acceptors (Lipinski definition) is 5. The number of aryl methyl sites for hydroxylation is 1. The lowest BCUT2D eigenvalue weighted by Crippen LogP contribution is -2.15. The van der Waals surface area contributed by atoms with Gasteiger partial charge in [0, 0.05) is 40.5 Å². The molecular weight excluding hydrogens is 352 g/mol. The molecule has 0 radical (unpaired) electrons. The Hall–Kier alpha value is -3.28. The maximum absolute atomic E-state index is 10.8. The second-order valence-electron chi connectivity index (χ2n) is 7.42. The van der Waals surface area contributed by atoms with Crippen LogP contribution in [0.3, 0.4) is 0 Å². The molecule has 28 heavy (non-hydrogen) atoms. The van der Waals surface area contributed by atoms with E-state index >= 15 is 0 Å². The number of benzene rings is 1. The Morgan fingerprint density at radius 1 is 1.14 bits per heavy atom. The number of para-hydroxylation sites is 1. The number of rotatable bonds is 3. The van der Waals surface area contributed by atoms with Crippen LogP contribution in [0.2, 0.25) is 0 Å². The second-order valence-corrected chi connectivity index (χ2v) is 7.42. The van der Waals surface area contributed by atoms with Crippen molar-refractivity contribution in [1.29, 1.82) is 0 Å². The van der Waals surface area contributed by atoms with Crippen molar-refractivity contribution in [3.05, 3.63) is 42.2 Å². The molecule has 1 aliphatic carbocycles. The molecule has 4 aromatic rings. The van der Waals surface area contributed by atoms with Crippen molar-refractivity contribution < 1.29 is 9.84 Å². The Labute approximate surface area is 162 Å². The first kappa shape index (κ1) is 16.9. The van der Waals surface area contributed by atoms with E-state index in [9.17, 15) is 5.11 Å². The van der Waals surface area contributed by atoms with Crippen molar-refractivity contribution in [1.82, 2.24) is 14.5 Å². The zero-order valence-electron chi connectivity index (χ0n) is 15.9. The summed E-state index contributed by atoms with van der Waals surface area (Å²) in [4.78, 5) is 9.40. The van der Waals surface area contributed by atoms with Crippen LogP contribution in [0.1, 0.15) is 31.0 Å². The van der Waals surface area contributed by atoms with Gasteiger partial charge in [-0.2, -0.15) is 0 Å². The zero-order chi connectivity index (χ0) is 19.4. The number of aromatic nitrogens is 3. The van der Waals surface area contributed by atoms with Gasteiger partial charge in [0.25, 0.3) is 0 Å². The minimum Gasteiger partial charge on any atom is -0.494 e. The molecular formula is C22H22N4O2. The summed E-state index contributed by atoms with van der Waals surface area (Å²) < 4.78 is 7.15. The fourth-order valence-electron chi connectivity index (χ4n) is 4.08. The lowest BCUT2D eigenvalue weighted by molar-refractivity contribution is 0.283. The third-order valence-corrected chi connectivity index (χ3v) is 5.84. The van der Waals surface area contributed by atoms with Gasteiger partial charge in [-0.15, -0.1) is 0 Å². The summed E-state index contributed by atoms with van der Waals surface area (Å²) in [5.74, 6) is 0.804. The predicted octanol–water partition coefficient (Wildman–Crippen LogP) is 4.58. The van der Waals surface area contributed by atoms with Gasteiger partial charge in [0.05, 0.1) is 29.2 Å². The highest BCUT2D eigenvalue weighted by Crippen LogP contribution is 2.43. The number of fused-ring (bicyclic) bond motifs is 2. The van der Waals surface area contributed by atoms with Crippen LogP contribution in [0.4, 0.5) is 5.69 Å². The van der Waals surface area contributed by atoms with Crippen LogP contribution in [0.5, 0.6) is 11.8 Å². The van der Waals surface area contributed by atoms with E-state index in [4.69, 9.17) is 15.5 Å². The van der Waals surface area contributed by atoms with E-state index in [0.29, 0.717) is 23.0 Å². The molecule has 142 valence electrons. The number of nitrogens with two attached hydrogens (primary N) is 1. The summed E-state index contributed by atoms with van der Waals surface area (Å²) in [7, 11) is 1.61. The van der Waals surface area contributed by atoms with Gasteiger partial charge in [0.15, 0.2) is 0 Å². The number of ether oxygens (including phenoxy) is 1. The first-order valence-corrected chi connectivity index (χ1v) is 9.52. The smallest absolute Gasteiger partial charge is 0.213 e. The summed E-state index contributed by atoms with van der Waals surface area (Å²) in [5.41, 5.74) is 11.4. The molecule has 1 aromatic carbocycles. The maximum atomic E-state index is 10.8.